The number of hydrogen-bond donors (Lipinski definition) is 1. The lowest BCUT2D eigenvalue weighted by Gasteiger charge is -2.14. The average molecular weight is 433 g/mol. The number of fused-ring (bicyclic) bond motifs is 1. The van der Waals surface area contributed by atoms with Crippen molar-refractivity contribution < 1.29 is 14.6 Å². The van der Waals surface area contributed by atoms with Gasteiger partial charge in [0.05, 0.1) is 37.0 Å². The Morgan fingerprint density at radius 3 is 2.55 bits per heavy atom. The zero-order valence-electron chi connectivity index (χ0n) is 16.7. The van der Waals surface area contributed by atoms with E-state index < -0.39 is 6.10 Å². The number of methoxy groups -OCH3 is 1. The van der Waals surface area contributed by atoms with Gasteiger partial charge in [-0.2, -0.15) is 5.26 Å². The van der Waals surface area contributed by atoms with Gasteiger partial charge in [-0.3, -0.25) is 9.36 Å². The van der Waals surface area contributed by atoms with E-state index in [-0.39, 0.29) is 18.7 Å². The van der Waals surface area contributed by atoms with Gasteiger partial charge in [-0.25, -0.2) is 4.98 Å². The van der Waals surface area contributed by atoms with Crippen LogP contribution in [-0.4, -0.2) is 34.5 Å². The van der Waals surface area contributed by atoms with E-state index in [2.05, 4.69) is 4.98 Å². The molecule has 0 radical (unpaired) electrons. The normalized spacial score (nSPS) is 11.8. The van der Waals surface area contributed by atoms with Crippen molar-refractivity contribution in [3.05, 3.63) is 76.2 Å². The number of ether oxygens (including phenoxy) is 2. The molecular weight excluding hydrogens is 414 g/mol. The first-order valence-corrected chi connectivity index (χ1v) is 10.4. The van der Waals surface area contributed by atoms with Crippen molar-refractivity contribution in [1.82, 2.24) is 9.55 Å². The third-order valence-electron chi connectivity index (χ3n) is 4.79. The van der Waals surface area contributed by atoms with E-state index >= 15 is 0 Å². The van der Waals surface area contributed by atoms with Crippen LogP contribution in [0.3, 0.4) is 0 Å². The van der Waals surface area contributed by atoms with Gasteiger partial charge in [0.2, 0.25) is 0 Å². The van der Waals surface area contributed by atoms with Gasteiger partial charge in [0.1, 0.15) is 29.0 Å². The van der Waals surface area contributed by atoms with Gasteiger partial charge in [0, 0.05) is 10.9 Å². The Labute approximate surface area is 182 Å². The summed E-state index contributed by atoms with van der Waals surface area (Å²) in [6.07, 6.45) is 0.542. The highest BCUT2D eigenvalue weighted by molar-refractivity contribution is 7.17. The van der Waals surface area contributed by atoms with Crippen LogP contribution in [0.2, 0.25) is 0 Å². The molecule has 8 heteroatoms. The van der Waals surface area contributed by atoms with Crippen molar-refractivity contribution in [3.63, 3.8) is 0 Å². The fourth-order valence-electron chi connectivity index (χ4n) is 3.18. The second-order valence-electron chi connectivity index (χ2n) is 6.86. The zero-order valence-corrected chi connectivity index (χ0v) is 17.5. The minimum absolute atomic E-state index is 0.00531. The predicted molar refractivity (Wildman–Crippen MR) is 119 cm³/mol. The Hall–Kier alpha value is -3.67. The van der Waals surface area contributed by atoms with E-state index in [0.717, 1.165) is 16.9 Å². The molecule has 2 aromatic carbocycles. The molecule has 4 rings (SSSR count). The molecule has 156 valence electrons. The lowest BCUT2D eigenvalue weighted by atomic mass is 10.1. The van der Waals surface area contributed by atoms with Gasteiger partial charge < -0.3 is 14.6 Å². The molecule has 0 spiro atoms. The van der Waals surface area contributed by atoms with Crippen LogP contribution >= 0.6 is 11.3 Å². The largest absolute Gasteiger partial charge is 0.497 e. The molecule has 0 saturated carbocycles. The molecule has 0 saturated heterocycles. The number of nitriles is 1. The first-order chi connectivity index (χ1) is 15.1. The Balaban J connectivity index is 1.53. The number of aliphatic hydroxyl groups is 1. The lowest BCUT2D eigenvalue weighted by molar-refractivity contribution is 0.0915. The average Bonchev–Trinajstić information content (AvgIpc) is 3.25. The summed E-state index contributed by atoms with van der Waals surface area (Å²) in [6, 6.07) is 16.1. The summed E-state index contributed by atoms with van der Waals surface area (Å²) in [4.78, 5) is 18.1. The molecule has 0 aliphatic rings. The first kappa shape index (κ1) is 20.6. The number of aromatic nitrogens is 2. The van der Waals surface area contributed by atoms with Crippen LogP contribution < -0.4 is 15.0 Å². The van der Waals surface area contributed by atoms with Crippen LogP contribution in [0.15, 0.2) is 65.0 Å². The topological polar surface area (TPSA) is 97.4 Å². The van der Waals surface area contributed by atoms with Crippen LogP contribution in [-0.2, 0) is 6.54 Å². The molecule has 31 heavy (non-hydrogen) atoms. The Bertz CT molecular complexity index is 1290. The fourth-order valence-corrected chi connectivity index (χ4v) is 4.09. The minimum Gasteiger partial charge on any atom is -0.497 e. The second-order valence-corrected chi connectivity index (χ2v) is 7.72. The van der Waals surface area contributed by atoms with Gasteiger partial charge in [-0.1, -0.05) is 12.1 Å². The van der Waals surface area contributed by atoms with Gasteiger partial charge >= 0.3 is 0 Å². The van der Waals surface area contributed by atoms with Gasteiger partial charge in [-0.15, -0.1) is 11.3 Å². The van der Waals surface area contributed by atoms with E-state index in [1.807, 2.05) is 35.7 Å². The SMILES string of the molecule is COc1ccc(-c2csc3ncn(C[C@@H](O)COc4ccc(C#N)cc4)c(=O)c23)cc1. The number of aliphatic hydroxyl groups excluding tert-OH is 1. The first-order valence-electron chi connectivity index (χ1n) is 9.51. The van der Waals surface area contributed by atoms with Gasteiger partial charge in [0.15, 0.2) is 0 Å². The standard InChI is InChI=1S/C23H19N3O4S/c1-29-18-8-4-16(5-9-18)20-13-31-22-21(20)23(28)26(14-25-22)11-17(27)12-30-19-6-2-15(10-24)3-7-19/h2-9,13-14,17,27H,11-12H2,1H3/t17-/m1/s1. The van der Waals surface area contributed by atoms with Gasteiger partial charge in [-0.05, 0) is 42.0 Å². The zero-order chi connectivity index (χ0) is 21.8. The smallest absolute Gasteiger partial charge is 0.262 e. The molecule has 1 N–H and O–H groups in total. The molecule has 7 nitrogen and oxygen atoms in total. The highest BCUT2D eigenvalue weighted by Crippen LogP contribution is 2.31. The number of nitrogens with zero attached hydrogens (tertiary/aromatic N) is 3. The van der Waals surface area contributed by atoms with Crippen molar-refractivity contribution >= 4 is 21.6 Å². The van der Waals surface area contributed by atoms with Crippen LogP contribution in [0, 0.1) is 11.3 Å². The molecule has 0 amide bonds. The number of rotatable bonds is 7. The quantitative estimate of drug-likeness (QED) is 0.479. The summed E-state index contributed by atoms with van der Waals surface area (Å²) in [7, 11) is 1.61. The summed E-state index contributed by atoms with van der Waals surface area (Å²) in [6.45, 7) is 0.0568. The van der Waals surface area contributed by atoms with E-state index in [0.29, 0.717) is 21.5 Å². The van der Waals surface area contributed by atoms with E-state index in [1.54, 1.807) is 31.4 Å². The van der Waals surface area contributed by atoms with E-state index in [4.69, 9.17) is 14.7 Å². The number of benzene rings is 2. The highest BCUT2D eigenvalue weighted by atomic mass is 32.1. The van der Waals surface area contributed by atoms with Crippen LogP contribution in [0.5, 0.6) is 11.5 Å². The summed E-state index contributed by atoms with van der Waals surface area (Å²) in [5, 5.41) is 21.7. The molecule has 4 aromatic rings. The number of thiophene rings is 1. The summed E-state index contributed by atoms with van der Waals surface area (Å²) < 4.78 is 12.2. The maximum absolute atomic E-state index is 13.1. The Morgan fingerprint density at radius 2 is 1.87 bits per heavy atom. The van der Waals surface area contributed by atoms with Gasteiger partial charge in [0.25, 0.3) is 5.56 Å². The Morgan fingerprint density at radius 1 is 1.16 bits per heavy atom. The van der Waals surface area contributed by atoms with E-state index in [1.165, 1.54) is 22.2 Å². The molecule has 0 aliphatic carbocycles. The van der Waals surface area contributed by atoms with Crippen molar-refractivity contribution in [2.45, 2.75) is 12.6 Å². The highest BCUT2D eigenvalue weighted by Gasteiger charge is 2.15. The van der Waals surface area contributed by atoms with Crippen molar-refractivity contribution in [2.24, 2.45) is 0 Å². The number of hydrogen-bond acceptors (Lipinski definition) is 7. The maximum atomic E-state index is 13.1. The van der Waals surface area contributed by atoms with Crippen LogP contribution in [0.4, 0.5) is 0 Å². The fraction of sp³-hybridized carbons (Fsp3) is 0.174. The third-order valence-corrected chi connectivity index (χ3v) is 5.68. The molecule has 0 fully saturated rings. The molecular formula is C23H19N3O4S. The summed E-state index contributed by atoms with van der Waals surface area (Å²) >= 11 is 1.41. The van der Waals surface area contributed by atoms with Crippen LogP contribution in [0.1, 0.15) is 5.56 Å². The second kappa shape index (κ2) is 9.00. The molecule has 0 bridgehead atoms. The predicted octanol–water partition coefficient (Wildman–Crippen LogP) is 3.45. The summed E-state index contributed by atoms with van der Waals surface area (Å²) in [5.41, 5.74) is 2.02. The maximum Gasteiger partial charge on any atom is 0.262 e. The van der Waals surface area contributed by atoms with Crippen LogP contribution in [0.25, 0.3) is 21.3 Å². The lowest BCUT2D eigenvalue weighted by Crippen LogP contribution is -2.30. The summed E-state index contributed by atoms with van der Waals surface area (Å²) in [5.74, 6) is 1.28. The molecule has 1 atom stereocenters. The molecule has 2 heterocycles. The monoisotopic (exact) mass is 433 g/mol. The van der Waals surface area contributed by atoms with Crippen molar-refractivity contribution in [3.8, 4) is 28.7 Å². The molecule has 0 aliphatic heterocycles. The minimum atomic E-state index is -0.907. The third kappa shape index (κ3) is 4.43. The molecule has 0 unspecified atom stereocenters. The van der Waals surface area contributed by atoms with E-state index in [9.17, 15) is 9.90 Å². The van der Waals surface area contributed by atoms with Crippen molar-refractivity contribution in [2.75, 3.05) is 13.7 Å². The van der Waals surface area contributed by atoms with Crippen molar-refractivity contribution in [1.29, 1.82) is 5.26 Å². The molecule has 2 aromatic heterocycles. The Kier molecular flexibility index (Phi) is 5.98.